The molecular formula is C24H18BrN3O5S. The molecule has 0 spiro atoms. The average Bonchev–Trinajstić information content (AvgIpc) is 3.17. The van der Waals surface area contributed by atoms with Crippen molar-refractivity contribution in [1.29, 1.82) is 0 Å². The number of benzene rings is 3. The van der Waals surface area contributed by atoms with E-state index < -0.39 is 4.92 Å². The van der Waals surface area contributed by atoms with Crippen LogP contribution in [0.4, 0.5) is 11.4 Å². The van der Waals surface area contributed by atoms with Gasteiger partial charge in [0.2, 0.25) is 0 Å². The van der Waals surface area contributed by atoms with Crippen LogP contribution in [0.25, 0.3) is 6.08 Å². The molecule has 3 aromatic carbocycles. The van der Waals surface area contributed by atoms with Crippen LogP contribution in [0.15, 0.2) is 81.1 Å². The number of hydrogen-bond acceptors (Lipinski definition) is 7. The molecule has 10 heteroatoms. The zero-order chi connectivity index (χ0) is 24.1. The van der Waals surface area contributed by atoms with E-state index in [4.69, 9.17) is 9.47 Å². The van der Waals surface area contributed by atoms with E-state index in [-0.39, 0.29) is 18.2 Å². The summed E-state index contributed by atoms with van der Waals surface area (Å²) in [6.45, 7) is 0.142. The van der Waals surface area contributed by atoms with Gasteiger partial charge in [0.05, 0.1) is 22.6 Å². The first-order chi connectivity index (χ1) is 16.4. The minimum atomic E-state index is -0.444. The molecule has 0 radical (unpaired) electrons. The van der Waals surface area contributed by atoms with Crippen molar-refractivity contribution in [2.45, 2.75) is 6.61 Å². The Morgan fingerprint density at radius 2 is 1.94 bits per heavy atom. The lowest BCUT2D eigenvalue weighted by atomic mass is 10.1. The molecular weight excluding hydrogens is 522 g/mol. The molecule has 3 aromatic rings. The van der Waals surface area contributed by atoms with Crippen LogP contribution in [-0.4, -0.2) is 23.1 Å². The van der Waals surface area contributed by atoms with Crippen molar-refractivity contribution in [2.24, 2.45) is 4.99 Å². The van der Waals surface area contributed by atoms with Gasteiger partial charge in [-0.1, -0.05) is 28.1 Å². The molecule has 8 nitrogen and oxygen atoms in total. The predicted octanol–water partition coefficient (Wildman–Crippen LogP) is 5.84. The summed E-state index contributed by atoms with van der Waals surface area (Å²) in [7, 11) is 1.59. The molecule has 172 valence electrons. The molecule has 1 heterocycles. The number of amides is 1. The third kappa shape index (κ3) is 5.83. The highest BCUT2D eigenvalue weighted by Gasteiger charge is 2.24. The smallest absolute Gasteiger partial charge is 0.269 e. The number of ether oxygens (including phenoxy) is 2. The van der Waals surface area contributed by atoms with Crippen molar-refractivity contribution >= 4 is 56.2 Å². The second kappa shape index (κ2) is 10.5. The van der Waals surface area contributed by atoms with E-state index >= 15 is 0 Å². The van der Waals surface area contributed by atoms with Gasteiger partial charge < -0.3 is 14.8 Å². The Balaban J connectivity index is 1.53. The van der Waals surface area contributed by atoms with Crippen molar-refractivity contribution in [2.75, 3.05) is 7.11 Å². The number of nitro groups is 1. The van der Waals surface area contributed by atoms with Gasteiger partial charge in [-0.2, -0.15) is 0 Å². The topological polar surface area (TPSA) is 103 Å². The molecule has 34 heavy (non-hydrogen) atoms. The molecule has 0 atom stereocenters. The van der Waals surface area contributed by atoms with Crippen molar-refractivity contribution in [1.82, 2.24) is 5.32 Å². The van der Waals surface area contributed by atoms with E-state index in [2.05, 4.69) is 26.2 Å². The van der Waals surface area contributed by atoms with Gasteiger partial charge in [0.1, 0.15) is 18.1 Å². The fraction of sp³-hybridized carbons (Fsp3) is 0.0833. The van der Waals surface area contributed by atoms with E-state index in [1.165, 1.54) is 23.9 Å². The number of thioether (sulfide) groups is 1. The first-order valence-corrected chi connectivity index (χ1v) is 11.6. The number of hydrogen-bond donors (Lipinski definition) is 1. The second-order valence-corrected chi connectivity index (χ2v) is 9.02. The number of amidine groups is 1. The Bertz CT molecular complexity index is 1310. The Hall–Kier alpha value is -3.63. The minimum Gasteiger partial charge on any atom is -0.497 e. The summed E-state index contributed by atoms with van der Waals surface area (Å²) in [5.74, 6) is 0.998. The van der Waals surface area contributed by atoms with Crippen LogP contribution in [-0.2, 0) is 11.4 Å². The third-order valence-corrected chi connectivity index (χ3v) is 6.13. The number of methoxy groups -OCH3 is 1. The Kier molecular flexibility index (Phi) is 7.29. The predicted molar refractivity (Wildman–Crippen MR) is 135 cm³/mol. The van der Waals surface area contributed by atoms with Crippen LogP contribution in [0.3, 0.4) is 0 Å². The molecule has 1 fully saturated rings. The zero-order valence-electron chi connectivity index (χ0n) is 17.9. The minimum absolute atomic E-state index is 0.00181. The monoisotopic (exact) mass is 539 g/mol. The lowest BCUT2D eigenvalue weighted by Gasteiger charge is -2.10. The summed E-state index contributed by atoms with van der Waals surface area (Å²) >= 11 is 4.68. The van der Waals surface area contributed by atoms with E-state index in [0.29, 0.717) is 32.6 Å². The highest BCUT2D eigenvalue weighted by Crippen LogP contribution is 2.32. The second-order valence-electron chi connectivity index (χ2n) is 7.08. The third-order valence-electron chi connectivity index (χ3n) is 4.73. The van der Waals surface area contributed by atoms with Crippen LogP contribution >= 0.6 is 27.7 Å². The number of nitrogens with one attached hydrogen (secondary N) is 1. The summed E-state index contributed by atoms with van der Waals surface area (Å²) in [6.07, 6.45) is 1.73. The van der Waals surface area contributed by atoms with Crippen LogP contribution < -0.4 is 14.8 Å². The molecule has 1 saturated heterocycles. The van der Waals surface area contributed by atoms with Gasteiger partial charge in [0.25, 0.3) is 11.6 Å². The maximum atomic E-state index is 12.5. The molecule has 1 N–H and O–H groups in total. The van der Waals surface area contributed by atoms with Crippen molar-refractivity contribution < 1.29 is 19.2 Å². The average molecular weight is 540 g/mol. The number of nitro benzene ring substituents is 1. The lowest BCUT2D eigenvalue weighted by molar-refractivity contribution is -0.384. The molecule has 1 amide bonds. The fourth-order valence-electron chi connectivity index (χ4n) is 3.08. The lowest BCUT2D eigenvalue weighted by Crippen LogP contribution is -2.19. The normalized spacial score (nSPS) is 15.4. The zero-order valence-corrected chi connectivity index (χ0v) is 20.3. The van der Waals surface area contributed by atoms with E-state index in [1.54, 1.807) is 55.7 Å². The fourth-order valence-corrected chi connectivity index (χ4v) is 4.29. The van der Waals surface area contributed by atoms with E-state index in [1.807, 2.05) is 12.1 Å². The quantitative estimate of drug-likeness (QED) is 0.230. The SMILES string of the molecule is COc1ccc(N=C2NC(=O)C(=Cc3cc(Br)ccc3OCc3cccc([N+](=O)[O-])c3)S2)cc1. The molecule has 4 rings (SSSR count). The van der Waals surface area contributed by atoms with Gasteiger partial charge in [-0.15, -0.1) is 0 Å². The van der Waals surface area contributed by atoms with E-state index in [0.717, 1.165) is 10.2 Å². The first-order valence-electron chi connectivity index (χ1n) is 10.0. The number of aliphatic imine (C=N–C) groups is 1. The van der Waals surface area contributed by atoms with Crippen LogP contribution in [0, 0.1) is 10.1 Å². The molecule has 1 aliphatic rings. The summed E-state index contributed by atoms with van der Waals surface area (Å²) in [4.78, 5) is 28.0. The summed E-state index contributed by atoms with van der Waals surface area (Å²) in [5.41, 5.74) is 2.04. The van der Waals surface area contributed by atoms with E-state index in [9.17, 15) is 14.9 Å². The molecule has 0 aliphatic carbocycles. The number of nitrogens with zero attached hydrogens (tertiary/aromatic N) is 2. The van der Waals surface area contributed by atoms with Crippen LogP contribution in [0.5, 0.6) is 11.5 Å². The van der Waals surface area contributed by atoms with Gasteiger partial charge in [-0.3, -0.25) is 14.9 Å². The largest absolute Gasteiger partial charge is 0.497 e. The van der Waals surface area contributed by atoms with Gasteiger partial charge >= 0.3 is 0 Å². The van der Waals surface area contributed by atoms with Crippen LogP contribution in [0.2, 0.25) is 0 Å². The first kappa shape index (κ1) is 23.5. The van der Waals surface area contributed by atoms with Gasteiger partial charge in [0.15, 0.2) is 5.17 Å². The van der Waals surface area contributed by atoms with Gasteiger partial charge in [0, 0.05) is 22.2 Å². The number of rotatable bonds is 7. The number of carbonyl (C=O) groups excluding carboxylic acids is 1. The van der Waals surface area contributed by atoms with Gasteiger partial charge in [-0.05, 0) is 65.9 Å². The number of carbonyl (C=O) groups is 1. The summed E-state index contributed by atoms with van der Waals surface area (Å²) in [6, 6.07) is 18.9. The number of non-ortho nitro benzene ring substituents is 1. The maximum Gasteiger partial charge on any atom is 0.269 e. The molecule has 0 aromatic heterocycles. The highest BCUT2D eigenvalue weighted by atomic mass is 79.9. The molecule has 1 aliphatic heterocycles. The number of halogens is 1. The van der Waals surface area contributed by atoms with Crippen molar-refractivity contribution in [3.8, 4) is 11.5 Å². The molecule has 0 bridgehead atoms. The van der Waals surface area contributed by atoms with Crippen LogP contribution in [0.1, 0.15) is 11.1 Å². The molecule has 0 saturated carbocycles. The maximum absolute atomic E-state index is 12.5. The Morgan fingerprint density at radius 3 is 2.68 bits per heavy atom. The summed E-state index contributed by atoms with van der Waals surface area (Å²) < 4.78 is 11.9. The van der Waals surface area contributed by atoms with Gasteiger partial charge in [-0.25, -0.2) is 4.99 Å². The van der Waals surface area contributed by atoms with Crippen molar-refractivity contribution in [3.63, 3.8) is 0 Å². The Labute approximate surface area is 208 Å². The highest BCUT2D eigenvalue weighted by molar-refractivity contribution is 9.10. The molecule has 0 unspecified atom stereocenters. The summed E-state index contributed by atoms with van der Waals surface area (Å²) in [5, 5.41) is 14.2. The van der Waals surface area contributed by atoms with Crippen molar-refractivity contribution in [3.05, 3.63) is 97.3 Å². The Morgan fingerprint density at radius 1 is 1.15 bits per heavy atom. The standard InChI is InChI=1S/C24H18BrN3O5S/c1-32-20-8-6-18(7-9-20)26-24-27-23(29)22(34-24)13-16-12-17(25)5-10-21(16)33-14-15-3-2-4-19(11-15)28(30)31/h2-13H,14H2,1H3,(H,26,27,29).